The predicted octanol–water partition coefficient (Wildman–Crippen LogP) is 2.99. The van der Waals surface area contributed by atoms with Crippen molar-refractivity contribution in [1.82, 2.24) is 4.90 Å². The second kappa shape index (κ2) is 9.54. The fourth-order valence-electron chi connectivity index (χ4n) is 2.30. The molecule has 0 fully saturated rings. The molecule has 1 aromatic carbocycles. The van der Waals surface area contributed by atoms with E-state index in [1.807, 2.05) is 18.0 Å². The van der Waals surface area contributed by atoms with Crippen molar-refractivity contribution < 1.29 is 4.79 Å². The number of hydrogen-bond acceptors (Lipinski definition) is 2. The Hall–Kier alpha value is -1.35. The molecule has 3 nitrogen and oxygen atoms in total. The van der Waals surface area contributed by atoms with E-state index in [2.05, 4.69) is 31.2 Å². The minimum absolute atomic E-state index is 0.0132. The molecule has 0 spiro atoms. The van der Waals surface area contributed by atoms with Crippen LogP contribution in [-0.2, 0) is 11.2 Å². The molecule has 0 saturated heterocycles. The monoisotopic (exact) mass is 276 g/mol. The molecule has 2 N–H and O–H groups in total. The van der Waals surface area contributed by atoms with Crippen molar-refractivity contribution in [3.8, 4) is 0 Å². The fourth-order valence-corrected chi connectivity index (χ4v) is 2.30. The molecule has 1 atom stereocenters. The van der Waals surface area contributed by atoms with Gasteiger partial charge in [0.25, 0.3) is 0 Å². The summed E-state index contributed by atoms with van der Waals surface area (Å²) in [6.45, 7) is 2.92. The molecule has 0 bridgehead atoms. The maximum atomic E-state index is 11.9. The van der Waals surface area contributed by atoms with Crippen LogP contribution in [0.25, 0.3) is 0 Å². The Morgan fingerprint density at radius 2 is 1.95 bits per heavy atom. The van der Waals surface area contributed by atoms with Crippen molar-refractivity contribution >= 4 is 5.91 Å². The lowest BCUT2D eigenvalue weighted by Crippen LogP contribution is -2.33. The van der Waals surface area contributed by atoms with Gasteiger partial charge in [-0.15, -0.1) is 0 Å². The van der Waals surface area contributed by atoms with Crippen LogP contribution < -0.4 is 5.73 Å². The number of carbonyl (C=O) groups excluding carboxylic acids is 1. The minimum atomic E-state index is 0.0132. The van der Waals surface area contributed by atoms with E-state index in [0.717, 1.165) is 38.6 Å². The Kier molecular flexibility index (Phi) is 7.97. The standard InChI is InChI=1S/C17H28N2O/c1-3-9-16(18)14-17(20)19(2)13-8-7-12-15-10-5-4-6-11-15/h4-6,10-11,16H,3,7-9,12-14,18H2,1-2H3. The van der Waals surface area contributed by atoms with E-state index in [0.29, 0.717) is 6.42 Å². The smallest absolute Gasteiger partial charge is 0.223 e. The maximum Gasteiger partial charge on any atom is 0.223 e. The van der Waals surface area contributed by atoms with Gasteiger partial charge in [0, 0.05) is 26.1 Å². The normalized spacial score (nSPS) is 12.2. The third-order valence-corrected chi connectivity index (χ3v) is 3.57. The van der Waals surface area contributed by atoms with E-state index >= 15 is 0 Å². The molecule has 1 rings (SSSR count). The van der Waals surface area contributed by atoms with Gasteiger partial charge in [0.1, 0.15) is 0 Å². The lowest BCUT2D eigenvalue weighted by molar-refractivity contribution is -0.130. The highest BCUT2D eigenvalue weighted by atomic mass is 16.2. The summed E-state index contributed by atoms with van der Waals surface area (Å²) < 4.78 is 0. The molecule has 0 aromatic heterocycles. The lowest BCUT2D eigenvalue weighted by atomic mass is 10.1. The van der Waals surface area contributed by atoms with Gasteiger partial charge >= 0.3 is 0 Å². The van der Waals surface area contributed by atoms with Gasteiger partial charge in [-0.05, 0) is 31.2 Å². The van der Waals surface area contributed by atoms with Crippen molar-refractivity contribution in [2.75, 3.05) is 13.6 Å². The van der Waals surface area contributed by atoms with Gasteiger partial charge in [0.15, 0.2) is 0 Å². The average molecular weight is 276 g/mol. The van der Waals surface area contributed by atoms with Crippen LogP contribution in [-0.4, -0.2) is 30.4 Å². The molecule has 0 aliphatic rings. The van der Waals surface area contributed by atoms with Gasteiger partial charge in [-0.1, -0.05) is 43.7 Å². The first kappa shape index (κ1) is 16.7. The largest absolute Gasteiger partial charge is 0.346 e. The molecule has 0 saturated carbocycles. The van der Waals surface area contributed by atoms with E-state index in [1.54, 1.807) is 0 Å². The summed E-state index contributed by atoms with van der Waals surface area (Å²) in [7, 11) is 1.88. The van der Waals surface area contributed by atoms with Gasteiger partial charge in [0.05, 0.1) is 0 Å². The van der Waals surface area contributed by atoms with Crippen LogP contribution >= 0.6 is 0 Å². The summed E-state index contributed by atoms with van der Waals surface area (Å²) in [5, 5.41) is 0. The molecule has 0 aliphatic carbocycles. The number of aryl methyl sites for hydroxylation is 1. The highest BCUT2D eigenvalue weighted by molar-refractivity contribution is 5.76. The van der Waals surface area contributed by atoms with Crippen molar-refractivity contribution in [2.45, 2.75) is 51.5 Å². The first-order valence-corrected chi connectivity index (χ1v) is 7.67. The SMILES string of the molecule is CCCC(N)CC(=O)N(C)CCCCc1ccccc1. The van der Waals surface area contributed by atoms with E-state index in [1.165, 1.54) is 5.56 Å². The fraction of sp³-hybridized carbons (Fsp3) is 0.588. The molecule has 112 valence electrons. The number of nitrogens with two attached hydrogens (primary N) is 1. The highest BCUT2D eigenvalue weighted by Crippen LogP contribution is 2.06. The number of nitrogens with zero attached hydrogens (tertiary/aromatic N) is 1. The van der Waals surface area contributed by atoms with E-state index in [4.69, 9.17) is 5.73 Å². The zero-order chi connectivity index (χ0) is 14.8. The van der Waals surface area contributed by atoms with Crippen molar-refractivity contribution in [1.29, 1.82) is 0 Å². The number of benzene rings is 1. The molecule has 20 heavy (non-hydrogen) atoms. The number of unbranched alkanes of at least 4 members (excludes halogenated alkanes) is 1. The summed E-state index contributed by atoms with van der Waals surface area (Å²) >= 11 is 0. The summed E-state index contributed by atoms with van der Waals surface area (Å²) in [5.41, 5.74) is 7.27. The van der Waals surface area contributed by atoms with Crippen LogP contribution in [0.2, 0.25) is 0 Å². The average Bonchev–Trinajstić information content (AvgIpc) is 2.44. The van der Waals surface area contributed by atoms with Gasteiger partial charge in [0.2, 0.25) is 5.91 Å². The van der Waals surface area contributed by atoms with Crippen LogP contribution in [0.15, 0.2) is 30.3 Å². The first-order chi connectivity index (χ1) is 9.63. The quantitative estimate of drug-likeness (QED) is 0.705. The second-order valence-corrected chi connectivity index (χ2v) is 5.51. The zero-order valence-electron chi connectivity index (χ0n) is 12.8. The van der Waals surface area contributed by atoms with Crippen LogP contribution in [0, 0.1) is 0 Å². The maximum absolute atomic E-state index is 11.9. The van der Waals surface area contributed by atoms with Crippen LogP contribution in [0.3, 0.4) is 0 Å². The van der Waals surface area contributed by atoms with Crippen molar-refractivity contribution in [3.63, 3.8) is 0 Å². The lowest BCUT2D eigenvalue weighted by Gasteiger charge is -2.19. The molecule has 0 aliphatic heterocycles. The van der Waals surface area contributed by atoms with Crippen molar-refractivity contribution in [3.05, 3.63) is 35.9 Å². The topological polar surface area (TPSA) is 46.3 Å². The zero-order valence-corrected chi connectivity index (χ0v) is 12.8. The Bertz CT molecular complexity index is 378. The third kappa shape index (κ3) is 6.71. The summed E-state index contributed by atoms with van der Waals surface area (Å²) in [6.07, 6.45) is 5.67. The Balaban J connectivity index is 2.16. The van der Waals surface area contributed by atoms with Gasteiger partial charge in [-0.3, -0.25) is 4.79 Å². The molecular formula is C17H28N2O. The first-order valence-electron chi connectivity index (χ1n) is 7.67. The Morgan fingerprint density at radius 1 is 1.25 bits per heavy atom. The highest BCUT2D eigenvalue weighted by Gasteiger charge is 2.12. The summed E-state index contributed by atoms with van der Waals surface area (Å²) in [5.74, 6) is 0.172. The summed E-state index contributed by atoms with van der Waals surface area (Å²) in [4.78, 5) is 13.8. The molecule has 1 aromatic rings. The van der Waals surface area contributed by atoms with Crippen molar-refractivity contribution in [2.24, 2.45) is 5.73 Å². The van der Waals surface area contributed by atoms with E-state index < -0.39 is 0 Å². The van der Waals surface area contributed by atoms with Crippen LogP contribution in [0.5, 0.6) is 0 Å². The van der Waals surface area contributed by atoms with Crippen LogP contribution in [0.1, 0.15) is 44.6 Å². The molecule has 0 heterocycles. The van der Waals surface area contributed by atoms with Gasteiger partial charge in [-0.2, -0.15) is 0 Å². The number of carbonyl (C=O) groups is 1. The van der Waals surface area contributed by atoms with Gasteiger partial charge in [-0.25, -0.2) is 0 Å². The predicted molar refractivity (Wildman–Crippen MR) is 84.5 cm³/mol. The van der Waals surface area contributed by atoms with Gasteiger partial charge < -0.3 is 10.6 Å². The van der Waals surface area contributed by atoms with E-state index in [9.17, 15) is 4.79 Å². The molecule has 1 amide bonds. The molecule has 0 radical (unpaired) electrons. The third-order valence-electron chi connectivity index (χ3n) is 3.57. The molecule has 3 heteroatoms. The number of amides is 1. The van der Waals surface area contributed by atoms with Crippen LogP contribution in [0.4, 0.5) is 0 Å². The molecule has 1 unspecified atom stereocenters. The van der Waals surface area contributed by atoms with E-state index in [-0.39, 0.29) is 11.9 Å². The summed E-state index contributed by atoms with van der Waals surface area (Å²) in [6, 6.07) is 10.5. The minimum Gasteiger partial charge on any atom is -0.346 e. The number of rotatable bonds is 9. The number of hydrogen-bond donors (Lipinski definition) is 1. The Morgan fingerprint density at radius 3 is 2.60 bits per heavy atom. The molecular weight excluding hydrogens is 248 g/mol. The second-order valence-electron chi connectivity index (χ2n) is 5.51. The Labute approximate surface area is 123 Å².